The normalized spacial score (nSPS) is 25.8. The lowest BCUT2D eigenvalue weighted by molar-refractivity contribution is -0.165. The molecule has 2 atom stereocenters. The first-order chi connectivity index (χ1) is 16.3. The number of allylic oxidation sites excluding steroid dienone is 4. The molecule has 0 saturated heterocycles. The summed E-state index contributed by atoms with van der Waals surface area (Å²) in [4.78, 5) is 13.0. The summed E-state index contributed by atoms with van der Waals surface area (Å²) in [5, 5.41) is 1.18. The fraction of sp³-hybridized carbons (Fsp3) is 0.393. The first-order valence-corrected chi connectivity index (χ1v) is 12.5. The van der Waals surface area contributed by atoms with Crippen LogP contribution in [0.2, 0.25) is 10.0 Å². The van der Waals surface area contributed by atoms with Crippen LogP contribution in [0.25, 0.3) is 11.1 Å². The van der Waals surface area contributed by atoms with Crippen LogP contribution in [0.15, 0.2) is 60.7 Å². The van der Waals surface area contributed by atoms with Crippen LogP contribution in [0.4, 0.5) is 8.78 Å². The molecular formula is C28H28Cl2F2O2. The fourth-order valence-electron chi connectivity index (χ4n) is 5.25. The molecule has 0 bridgehead atoms. The molecule has 4 rings (SSSR count). The smallest absolute Gasteiger partial charge is 0.315 e. The average Bonchev–Trinajstić information content (AvgIpc) is 2.81. The molecule has 0 fully saturated rings. The second-order valence-electron chi connectivity index (χ2n) is 9.08. The highest BCUT2D eigenvalue weighted by molar-refractivity contribution is 6.32. The molecule has 34 heavy (non-hydrogen) atoms. The summed E-state index contributed by atoms with van der Waals surface area (Å²) >= 11 is 12.6. The number of esters is 1. The Morgan fingerprint density at radius 2 is 1.32 bits per heavy atom. The fourth-order valence-corrected chi connectivity index (χ4v) is 5.76. The van der Waals surface area contributed by atoms with Crippen molar-refractivity contribution in [1.29, 1.82) is 0 Å². The lowest BCUT2D eigenvalue weighted by Gasteiger charge is -2.43. The van der Waals surface area contributed by atoms with Crippen LogP contribution in [0.1, 0.15) is 56.6 Å². The zero-order valence-electron chi connectivity index (χ0n) is 19.1. The minimum Gasteiger partial charge on any atom is -0.466 e. The summed E-state index contributed by atoms with van der Waals surface area (Å²) in [5.41, 5.74) is -0.557. The summed E-state index contributed by atoms with van der Waals surface area (Å²) < 4.78 is 38.1. The van der Waals surface area contributed by atoms with Crippen LogP contribution < -0.4 is 0 Å². The summed E-state index contributed by atoms with van der Waals surface area (Å²) in [5.74, 6) is -2.32. The largest absolute Gasteiger partial charge is 0.466 e. The maximum atomic E-state index is 16.5. The Balaban J connectivity index is 1.62. The van der Waals surface area contributed by atoms with Gasteiger partial charge in [-0.05, 0) is 67.0 Å². The highest BCUT2D eigenvalue weighted by Crippen LogP contribution is 2.51. The minimum atomic E-state index is -2.04. The first-order valence-electron chi connectivity index (χ1n) is 11.7. The van der Waals surface area contributed by atoms with E-state index in [4.69, 9.17) is 27.9 Å². The van der Waals surface area contributed by atoms with E-state index in [2.05, 4.69) is 0 Å². The Hall–Kier alpha value is -2.17. The van der Waals surface area contributed by atoms with Gasteiger partial charge in [-0.3, -0.25) is 4.79 Å². The number of hydrogen-bond acceptors (Lipinski definition) is 2. The van der Waals surface area contributed by atoms with Crippen molar-refractivity contribution in [3.63, 3.8) is 0 Å². The number of halogens is 4. The highest BCUT2D eigenvalue weighted by Gasteiger charge is 2.57. The Bertz CT molecular complexity index is 1050. The van der Waals surface area contributed by atoms with Crippen molar-refractivity contribution in [1.82, 2.24) is 0 Å². The molecule has 0 amide bonds. The Morgan fingerprint density at radius 1 is 0.882 bits per heavy atom. The SMILES string of the molecule is CCOC(=O)C(C1(F)CC=C(c2ccccc2Cl)CC1)C1(F)CC=C(c2ccccc2Cl)CC1. The predicted molar refractivity (Wildman–Crippen MR) is 134 cm³/mol. The first kappa shape index (κ1) is 24.9. The molecule has 180 valence electrons. The van der Waals surface area contributed by atoms with Gasteiger partial charge in [0.15, 0.2) is 0 Å². The third-order valence-corrected chi connectivity index (χ3v) is 7.65. The van der Waals surface area contributed by atoms with Crippen molar-refractivity contribution in [3.8, 4) is 0 Å². The van der Waals surface area contributed by atoms with Crippen LogP contribution in [0, 0.1) is 5.92 Å². The van der Waals surface area contributed by atoms with E-state index in [9.17, 15) is 4.79 Å². The molecule has 0 heterocycles. The van der Waals surface area contributed by atoms with Crippen LogP contribution in [0.3, 0.4) is 0 Å². The molecular weight excluding hydrogens is 477 g/mol. The molecule has 2 aliphatic rings. The molecule has 0 spiro atoms. The number of hydrogen-bond donors (Lipinski definition) is 0. The molecule has 2 aromatic carbocycles. The second-order valence-corrected chi connectivity index (χ2v) is 9.90. The Morgan fingerprint density at radius 3 is 1.68 bits per heavy atom. The molecule has 0 N–H and O–H groups in total. The van der Waals surface area contributed by atoms with Gasteiger partial charge in [0.2, 0.25) is 0 Å². The molecule has 0 saturated carbocycles. The number of alkyl halides is 2. The highest BCUT2D eigenvalue weighted by atomic mass is 35.5. The standard InChI is InChI=1S/C28H28Cl2F2O2/c1-2-34-26(33)25(27(31)15-11-19(12-16-27)21-7-3-5-9-23(21)29)28(32)17-13-20(14-18-28)22-8-4-6-10-24(22)30/h3-11,13,25H,2,12,14-18H2,1H3. The summed E-state index contributed by atoms with van der Waals surface area (Å²) in [6.45, 7) is 1.72. The molecule has 0 radical (unpaired) electrons. The monoisotopic (exact) mass is 504 g/mol. The number of carbonyl (C=O) groups excluding carboxylic acids is 1. The van der Waals surface area contributed by atoms with Gasteiger partial charge < -0.3 is 4.74 Å². The molecule has 6 heteroatoms. The van der Waals surface area contributed by atoms with E-state index in [1.54, 1.807) is 31.2 Å². The number of rotatable bonds is 6. The van der Waals surface area contributed by atoms with E-state index < -0.39 is 23.2 Å². The lowest BCUT2D eigenvalue weighted by atomic mass is 9.66. The van der Waals surface area contributed by atoms with Crippen molar-refractivity contribution in [2.45, 2.75) is 56.8 Å². The van der Waals surface area contributed by atoms with Crippen molar-refractivity contribution in [2.75, 3.05) is 6.61 Å². The topological polar surface area (TPSA) is 26.3 Å². The maximum absolute atomic E-state index is 16.5. The zero-order valence-corrected chi connectivity index (χ0v) is 20.6. The van der Waals surface area contributed by atoms with Crippen LogP contribution in [-0.2, 0) is 9.53 Å². The minimum absolute atomic E-state index is 0.0281. The van der Waals surface area contributed by atoms with Gasteiger partial charge in [0, 0.05) is 22.9 Å². The predicted octanol–water partition coefficient (Wildman–Crippen LogP) is 8.42. The van der Waals surface area contributed by atoms with Crippen LogP contribution in [-0.4, -0.2) is 23.9 Å². The van der Waals surface area contributed by atoms with E-state index in [0.29, 0.717) is 22.9 Å². The van der Waals surface area contributed by atoms with Gasteiger partial charge in [-0.2, -0.15) is 0 Å². The summed E-state index contributed by atoms with van der Waals surface area (Å²) in [7, 11) is 0. The van der Waals surface area contributed by atoms with Gasteiger partial charge in [-0.1, -0.05) is 71.8 Å². The molecule has 2 unspecified atom stereocenters. The van der Waals surface area contributed by atoms with Gasteiger partial charge in [-0.25, -0.2) is 8.78 Å². The maximum Gasteiger partial charge on any atom is 0.315 e. The average molecular weight is 505 g/mol. The molecule has 0 aromatic heterocycles. The van der Waals surface area contributed by atoms with Gasteiger partial charge in [0.25, 0.3) is 0 Å². The molecule has 2 aliphatic carbocycles. The van der Waals surface area contributed by atoms with Gasteiger partial charge in [0.1, 0.15) is 17.3 Å². The second kappa shape index (κ2) is 10.2. The van der Waals surface area contributed by atoms with E-state index in [1.165, 1.54) is 0 Å². The third-order valence-electron chi connectivity index (χ3n) is 6.99. The van der Waals surface area contributed by atoms with Crippen molar-refractivity contribution in [2.24, 2.45) is 5.92 Å². The number of benzene rings is 2. The van der Waals surface area contributed by atoms with Crippen molar-refractivity contribution in [3.05, 3.63) is 81.9 Å². The number of ether oxygens (including phenoxy) is 1. The Kier molecular flexibility index (Phi) is 7.49. The molecule has 2 aromatic rings. The van der Waals surface area contributed by atoms with Gasteiger partial charge in [0.05, 0.1) is 6.61 Å². The van der Waals surface area contributed by atoms with Crippen molar-refractivity contribution >= 4 is 40.3 Å². The van der Waals surface area contributed by atoms with Crippen LogP contribution >= 0.6 is 23.2 Å². The van der Waals surface area contributed by atoms with Crippen LogP contribution in [0.5, 0.6) is 0 Å². The summed E-state index contributed by atoms with van der Waals surface area (Å²) in [6.07, 6.45) is 4.18. The summed E-state index contributed by atoms with van der Waals surface area (Å²) in [6, 6.07) is 14.8. The quantitative estimate of drug-likeness (QED) is 0.369. The zero-order chi connectivity index (χ0) is 24.3. The van der Waals surface area contributed by atoms with E-state index >= 15 is 8.78 Å². The van der Waals surface area contributed by atoms with Gasteiger partial charge in [-0.15, -0.1) is 0 Å². The van der Waals surface area contributed by atoms with Crippen molar-refractivity contribution < 1.29 is 18.3 Å². The molecule has 2 nitrogen and oxygen atoms in total. The Labute approximate surface area is 209 Å². The van der Waals surface area contributed by atoms with E-state index in [0.717, 1.165) is 22.3 Å². The lowest BCUT2D eigenvalue weighted by Crippen LogP contribution is -2.53. The van der Waals surface area contributed by atoms with E-state index in [-0.39, 0.29) is 32.3 Å². The third kappa shape index (κ3) is 4.94. The molecule has 0 aliphatic heterocycles. The van der Waals surface area contributed by atoms with Gasteiger partial charge >= 0.3 is 5.97 Å². The number of carbonyl (C=O) groups is 1. The van der Waals surface area contributed by atoms with E-state index in [1.807, 2.05) is 36.4 Å².